The molecule has 0 N–H and O–H groups in total. The van der Waals surface area contributed by atoms with E-state index in [0.29, 0.717) is 0 Å². The van der Waals surface area contributed by atoms with Gasteiger partial charge in [0, 0.05) is 0 Å². The summed E-state index contributed by atoms with van der Waals surface area (Å²) in [6.07, 6.45) is 13.4. The summed E-state index contributed by atoms with van der Waals surface area (Å²) in [7, 11) is -2.20. The molecule has 124 valence electrons. The molecule has 0 aromatic rings. The molecule has 22 heavy (non-hydrogen) atoms. The van der Waals surface area contributed by atoms with E-state index in [9.17, 15) is 0 Å². The Balaban J connectivity index is 3.31. The summed E-state index contributed by atoms with van der Waals surface area (Å²) in [5.41, 5.74) is 2.56. The minimum atomic E-state index is -2.95. The topological polar surface area (TPSA) is 0 Å². The third kappa shape index (κ3) is 6.18. The average Bonchev–Trinajstić information content (AvgIpc) is 2.78. The zero-order valence-corrected chi connectivity index (χ0v) is 22.0. The molecule has 0 bridgehead atoms. The van der Waals surface area contributed by atoms with Gasteiger partial charge < -0.3 is 0 Å². The molecule has 0 radical (unpaired) electrons. The normalized spacial score (nSPS) is 18.2. The number of hydrogen-bond acceptors (Lipinski definition) is 0. The van der Waals surface area contributed by atoms with Crippen LogP contribution in [0.25, 0.3) is 0 Å². The first kappa shape index (κ1) is 20.5. The van der Waals surface area contributed by atoms with E-state index in [2.05, 4.69) is 91.5 Å². The van der Waals surface area contributed by atoms with Gasteiger partial charge in [0.25, 0.3) is 0 Å². The first-order chi connectivity index (χ1) is 9.70. The SMILES string of the molecule is C[Si](C)(C)C=C[C](=CC[Si](C)(C)C)[Zr]([CH3])([CH3])(=[SiH2])[C]1=CC=CC1. The third-order valence-electron chi connectivity index (χ3n) is 4.42. The number of rotatable bonds is 6. The predicted octanol–water partition coefficient (Wildman–Crippen LogP) is 5.82. The summed E-state index contributed by atoms with van der Waals surface area (Å²) >= 11 is -2.95. The summed E-state index contributed by atoms with van der Waals surface area (Å²) in [5, 5.41) is 0. The quantitative estimate of drug-likeness (QED) is 0.370. The van der Waals surface area contributed by atoms with Crippen LogP contribution in [0.15, 0.2) is 42.6 Å². The number of allylic oxidation sites excluding steroid dienone is 7. The average molecular weight is 428 g/mol. The monoisotopic (exact) mass is 426 g/mol. The molecule has 0 unspecified atom stereocenters. The van der Waals surface area contributed by atoms with Crippen molar-refractivity contribution in [1.82, 2.24) is 0 Å². The van der Waals surface area contributed by atoms with Gasteiger partial charge >= 0.3 is 144 Å². The van der Waals surface area contributed by atoms with Crippen molar-refractivity contribution in [2.75, 3.05) is 0 Å². The van der Waals surface area contributed by atoms with E-state index < -0.39 is 33.5 Å². The fraction of sp³-hybridized carbons (Fsp3) is 0.556. The van der Waals surface area contributed by atoms with Gasteiger partial charge in [-0.05, 0) is 0 Å². The first-order valence-electron chi connectivity index (χ1n) is 8.53. The molecule has 0 spiro atoms. The van der Waals surface area contributed by atoms with Crippen molar-refractivity contribution >= 4 is 23.0 Å². The van der Waals surface area contributed by atoms with Crippen molar-refractivity contribution in [1.29, 1.82) is 0 Å². The van der Waals surface area contributed by atoms with Crippen molar-refractivity contribution in [2.24, 2.45) is 0 Å². The Morgan fingerprint density at radius 3 is 2.18 bits per heavy atom. The maximum absolute atomic E-state index is 2.95. The molecule has 0 heterocycles. The van der Waals surface area contributed by atoms with Gasteiger partial charge in [-0.2, -0.15) is 0 Å². The second-order valence-corrected chi connectivity index (χ2v) is 49.5. The molecule has 1 aliphatic rings. The molecular weight excluding hydrogens is 392 g/mol. The standard InChI is InChI=1S/C11H23Si2.C5H5.2CH3.H2Si.Zr/c1-12(2,3)10-8-7-9-11-13(4,5)6;1-2-4-5-3-1;;;;/h8-10H,11H2,1-6H3;1-3H,4H2;2*1H3;1H2;. The Morgan fingerprint density at radius 1 is 1.18 bits per heavy atom. The summed E-state index contributed by atoms with van der Waals surface area (Å²) in [6.45, 7) is 17.1. The molecule has 0 amide bonds. The van der Waals surface area contributed by atoms with Crippen LogP contribution in [0.4, 0.5) is 0 Å². The van der Waals surface area contributed by atoms with Crippen LogP contribution in [-0.2, 0) is 17.4 Å². The van der Waals surface area contributed by atoms with E-state index in [0.717, 1.165) is 0 Å². The third-order valence-corrected chi connectivity index (χ3v) is 23.6. The Bertz CT molecular complexity index is 599. The molecule has 1 aliphatic carbocycles. The number of hydrogen-bond donors (Lipinski definition) is 0. The Morgan fingerprint density at radius 2 is 1.77 bits per heavy atom. The van der Waals surface area contributed by atoms with E-state index >= 15 is 0 Å². The second-order valence-electron chi connectivity index (χ2n) is 10.1. The van der Waals surface area contributed by atoms with Gasteiger partial charge in [-0.25, -0.2) is 0 Å². The van der Waals surface area contributed by atoms with Crippen LogP contribution in [0.1, 0.15) is 6.42 Å². The Kier molecular flexibility index (Phi) is 6.33. The molecule has 0 saturated heterocycles. The zero-order valence-electron chi connectivity index (χ0n) is 16.1. The van der Waals surface area contributed by atoms with Crippen LogP contribution in [-0.4, -0.2) is 23.0 Å². The molecule has 4 heteroatoms. The molecule has 0 atom stereocenters. The fourth-order valence-corrected chi connectivity index (χ4v) is 15.9. The minimum absolute atomic E-state index is 1.04. The summed E-state index contributed by atoms with van der Waals surface area (Å²) < 4.78 is 8.73. The summed E-state index contributed by atoms with van der Waals surface area (Å²) in [4.78, 5) is 0. The summed E-state index contributed by atoms with van der Waals surface area (Å²) in [6, 6.07) is 1.31. The van der Waals surface area contributed by atoms with Crippen LogP contribution in [0.3, 0.4) is 0 Å². The predicted molar refractivity (Wildman–Crippen MR) is 111 cm³/mol. The molecule has 1 rings (SSSR count). The van der Waals surface area contributed by atoms with Gasteiger partial charge in [0.2, 0.25) is 0 Å². The van der Waals surface area contributed by atoms with Crippen LogP contribution in [0, 0.1) is 0 Å². The van der Waals surface area contributed by atoms with Crippen LogP contribution < -0.4 is 0 Å². The molecule has 0 saturated carbocycles. The fourth-order valence-electron chi connectivity index (χ4n) is 2.65. The maximum atomic E-state index is 2.64. The molecule has 0 nitrogen and oxygen atoms in total. The zero-order chi connectivity index (χ0) is 17.3. The molecule has 0 aromatic carbocycles. The van der Waals surface area contributed by atoms with Gasteiger partial charge in [0.05, 0.1) is 0 Å². The Hall–Kier alpha value is 0.494. The molecule has 0 aliphatic heterocycles. The second kappa shape index (κ2) is 6.78. The van der Waals surface area contributed by atoms with Crippen molar-refractivity contribution in [3.8, 4) is 0 Å². The van der Waals surface area contributed by atoms with Gasteiger partial charge in [-0.1, -0.05) is 0 Å². The van der Waals surface area contributed by atoms with Gasteiger partial charge in [-0.3, -0.25) is 0 Å². The van der Waals surface area contributed by atoms with Crippen molar-refractivity contribution in [3.05, 3.63) is 42.6 Å². The van der Waals surface area contributed by atoms with Gasteiger partial charge in [-0.15, -0.1) is 0 Å². The van der Waals surface area contributed by atoms with E-state index in [4.69, 9.17) is 0 Å². The first-order valence-corrected chi connectivity index (χ1v) is 29.1. The molecule has 0 fully saturated rings. The van der Waals surface area contributed by atoms with Crippen molar-refractivity contribution in [3.63, 3.8) is 0 Å². The van der Waals surface area contributed by atoms with Crippen LogP contribution in [0.2, 0.25) is 54.6 Å². The van der Waals surface area contributed by atoms with Crippen molar-refractivity contribution in [2.45, 2.75) is 61.0 Å². The molecular formula is C18H36Si3Zr. The summed E-state index contributed by atoms with van der Waals surface area (Å²) in [5.74, 6) is 0. The Labute approximate surface area is 143 Å². The van der Waals surface area contributed by atoms with E-state index in [1.54, 1.807) is 6.56 Å². The molecule has 0 aromatic heterocycles. The van der Waals surface area contributed by atoms with E-state index in [-0.39, 0.29) is 0 Å². The van der Waals surface area contributed by atoms with Crippen LogP contribution >= 0.6 is 0 Å². The van der Waals surface area contributed by atoms with E-state index in [1.807, 2.05) is 0 Å². The van der Waals surface area contributed by atoms with Crippen LogP contribution in [0.5, 0.6) is 0 Å². The van der Waals surface area contributed by atoms with Crippen molar-refractivity contribution < 1.29 is 17.4 Å². The van der Waals surface area contributed by atoms with E-state index in [1.165, 1.54) is 12.5 Å². The van der Waals surface area contributed by atoms with Gasteiger partial charge in [0.15, 0.2) is 0 Å². The van der Waals surface area contributed by atoms with Gasteiger partial charge in [0.1, 0.15) is 0 Å².